The molecule has 0 unspecified atom stereocenters. The number of rotatable bonds is 0. The largest absolute Gasteiger partial charge is 0.391 e. The lowest BCUT2D eigenvalue weighted by Crippen LogP contribution is -2.21. The first-order valence-electron chi connectivity index (χ1n) is 7.75. The van der Waals surface area contributed by atoms with Gasteiger partial charge in [0.1, 0.15) is 0 Å². The topological polar surface area (TPSA) is 20.2 Å². The van der Waals surface area contributed by atoms with E-state index in [9.17, 15) is 5.11 Å². The molecular formula is C20H15ClO. The number of alkyl halides is 1. The second-order valence-corrected chi connectivity index (χ2v) is 6.78. The van der Waals surface area contributed by atoms with E-state index < -0.39 is 6.10 Å². The van der Waals surface area contributed by atoms with Gasteiger partial charge in [-0.05, 0) is 62.4 Å². The first kappa shape index (κ1) is 12.7. The van der Waals surface area contributed by atoms with Gasteiger partial charge in [0.25, 0.3) is 0 Å². The van der Waals surface area contributed by atoms with Crippen LogP contribution in [0.3, 0.4) is 0 Å². The fourth-order valence-corrected chi connectivity index (χ4v) is 4.38. The summed E-state index contributed by atoms with van der Waals surface area (Å²) in [5.74, 6) is 0. The van der Waals surface area contributed by atoms with E-state index in [4.69, 9.17) is 11.6 Å². The highest BCUT2D eigenvalue weighted by Crippen LogP contribution is 2.43. The van der Waals surface area contributed by atoms with Crippen LogP contribution in [-0.2, 0) is 6.42 Å². The molecule has 0 spiro atoms. The van der Waals surface area contributed by atoms with E-state index in [1.54, 1.807) is 0 Å². The number of fused-ring (bicyclic) bond motifs is 2. The fourth-order valence-electron chi connectivity index (χ4n) is 4.06. The normalized spacial score (nSPS) is 21.7. The van der Waals surface area contributed by atoms with E-state index in [1.807, 2.05) is 0 Å². The third-order valence-electron chi connectivity index (χ3n) is 5.12. The SMILES string of the molecule is O[C@H]1CCc2c(cc3ccc4cccc5ccc2c3c45)[C@@H]1Cl. The van der Waals surface area contributed by atoms with E-state index in [2.05, 4.69) is 48.5 Å². The lowest BCUT2D eigenvalue weighted by molar-refractivity contribution is 0.153. The molecule has 0 bridgehead atoms. The summed E-state index contributed by atoms with van der Waals surface area (Å²) in [6.45, 7) is 0. The van der Waals surface area contributed by atoms with Crippen LogP contribution in [-0.4, -0.2) is 11.2 Å². The zero-order valence-corrected chi connectivity index (χ0v) is 12.8. The molecule has 4 aromatic carbocycles. The van der Waals surface area contributed by atoms with Crippen LogP contribution < -0.4 is 0 Å². The number of hydrogen-bond acceptors (Lipinski definition) is 1. The van der Waals surface area contributed by atoms with Gasteiger partial charge in [0.15, 0.2) is 0 Å². The van der Waals surface area contributed by atoms with Crippen molar-refractivity contribution >= 4 is 43.9 Å². The van der Waals surface area contributed by atoms with Crippen molar-refractivity contribution in [3.63, 3.8) is 0 Å². The molecule has 0 aliphatic heterocycles. The minimum Gasteiger partial charge on any atom is -0.391 e. The van der Waals surface area contributed by atoms with E-state index in [0.717, 1.165) is 18.4 Å². The molecule has 1 aliphatic carbocycles. The second kappa shape index (κ2) is 4.34. The Morgan fingerprint density at radius 1 is 0.909 bits per heavy atom. The van der Waals surface area contributed by atoms with Gasteiger partial charge < -0.3 is 5.11 Å². The van der Waals surface area contributed by atoms with Crippen LogP contribution in [0.1, 0.15) is 22.9 Å². The molecule has 0 fully saturated rings. The summed E-state index contributed by atoms with van der Waals surface area (Å²) in [5.41, 5.74) is 2.42. The molecule has 22 heavy (non-hydrogen) atoms. The van der Waals surface area contributed by atoms with Gasteiger partial charge >= 0.3 is 0 Å². The van der Waals surface area contributed by atoms with Crippen molar-refractivity contribution in [2.45, 2.75) is 24.3 Å². The van der Waals surface area contributed by atoms with Gasteiger partial charge in [-0.15, -0.1) is 11.6 Å². The monoisotopic (exact) mass is 306 g/mol. The van der Waals surface area contributed by atoms with Crippen molar-refractivity contribution in [1.82, 2.24) is 0 Å². The van der Waals surface area contributed by atoms with Gasteiger partial charge in [-0.25, -0.2) is 0 Å². The summed E-state index contributed by atoms with van der Waals surface area (Å²) in [5, 5.41) is 17.6. The molecule has 0 aromatic heterocycles. The third kappa shape index (κ3) is 1.53. The van der Waals surface area contributed by atoms with E-state index in [1.165, 1.54) is 37.9 Å². The Balaban J connectivity index is 2.01. The lowest BCUT2D eigenvalue weighted by atomic mass is 9.82. The fraction of sp³-hybridized carbons (Fsp3) is 0.200. The van der Waals surface area contributed by atoms with Crippen molar-refractivity contribution in [3.05, 3.63) is 59.7 Å². The van der Waals surface area contributed by atoms with Crippen molar-refractivity contribution in [2.75, 3.05) is 0 Å². The molecule has 0 saturated carbocycles. The molecule has 1 aliphatic rings. The number of aliphatic hydroxyl groups is 1. The van der Waals surface area contributed by atoms with Crippen LogP contribution >= 0.6 is 11.6 Å². The molecule has 1 N–H and O–H groups in total. The first-order valence-corrected chi connectivity index (χ1v) is 8.19. The van der Waals surface area contributed by atoms with Crippen molar-refractivity contribution in [1.29, 1.82) is 0 Å². The molecule has 2 atom stereocenters. The average molecular weight is 307 g/mol. The molecule has 4 aromatic rings. The average Bonchev–Trinajstić information content (AvgIpc) is 2.56. The molecule has 0 saturated heterocycles. The summed E-state index contributed by atoms with van der Waals surface area (Å²) in [7, 11) is 0. The second-order valence-electron chi connectivity index (χ2n) is 6.31. The number of benzene rings is 4. The highest BCUT2D eigenvalue weighted by atomic mass is 35.5. The zero-order valence-electron chi connectivity index (χ0n) is 12.0. The smallest absolute Gasteiger partial charge is 0.0847 e. The van der Waals surface area contributed by atoms with Gasteiger partial charge in [-0.2, -0.15) is 0 Å². The lowest BCUT2D eigenvalue weighted by Gasteiger charge is -2.28. The molecule has 2 heteroatoms. The molecule has 5 rings (SSSR count). The summed E-state index contributed by atoms with van der Waals surface area (Å²) < 4.78 is 0. The molecular weight excluding hydrogens is 292 g/mol. The molecule has 108 valence electrons. The first-order chi connectivity index (χ1) is 10.7. The minimum absolute atomic E-state index is 0.300. The standard InChI is InChI=1S/C20H15ClO/c21-20-16-10-13-5-4-11-2-1-3-12-6-7-15(19(13)18(11)12)14(16)8-9-17(20)22/h1-7,10,17,20,22H,8-9H2/t17-,20-/m0/s1. The Bertz CT molecular complexity index is 1000. The maximum Gasteiger partial charge on any atom is 0.0847 e. The zero-order chi connectivity index (χ0) is 14.8. The highest BCUT2D eigenvalue weighted by Gasteiger charge is 2.28. The Labute approximate surface area is 133 Å². The van der Waals surface area contributed by atoms with E-state index in [-0.39, 0.29) is 5.38 Å². The molecule has 0 heterocycles. The van der Waals surface area contributed by atoms with E-state index in [0.29, 0.717) is 0 Å². The van der Waals surface area contributed by atoms with Crippen LogP contribution in [0, 0.1) is 0 Å². The van der Waals surface area contributed by atoms with Gasteiger partial charge in [-0.3, -0.25) is 0 Å². The quantitative estimate of drug-likeness (QED) is 0.351. The van der Waals surface area contributed by atoms with Crippen LogP contribution in [0.4, 0.5) is 0 Å². The van der Waals surface area contributed by atoms with Gasteiger partial charge in [-0.1, -0.05) is 42.5 Å². The van der Waals surface area contributed by atoms with Crippen LogP contribution in [0.25, 0.3) is 32.3 Å². The Hall–Kier alpha value is -1.83. The molecule has 0 radical (unpaired) electrons. The Kier molecular flexibility index (Phi) is 2.51. The summed E-state index contributed by atoms with van der Waals surface area (Å²) >= 11 is 6.49. The minimum atomic E-state index is -0.442. The third-order valence-corrected chi connectivity index (χ3v) is 5.64. The van der Waals surface area contributed by atoms with Crippen molar-refractivity contribution < 1.29 is 5.11 Å². The highest BCUT2D eigenvalue weighted by molar-refractivity contribution is 6.25. The number of hydrogen-bond donors (Lipinski definition) is 1. The summed E-state index contributed by atoms with van der Waals surface area (Å²) in [6, 6.07) is 17.4. The number of aliphatic hydroxyl groups excluding tert-OH is 1. The summed E-state index contributed by atoms with van der Waals surface area (Å²) in [4.78, 5) is 0. The van der Waals surface area contributed by atoms with Crippen molar-refractivity contribution in [2.24, 2.45) is 0 Å². The van der Waals surface area contributed by atoms with Crippen LogP contribution in [0.2, 0.25) is 0 Å². The summed E-state index contributed by atoms with van der Waals surface area (Å²) in [6.07, 6.45) is 1.20. The molecule has 0 amide bonds. The maximum absolute atomic E-state index is 10.1. The predicted molar refractivity (Wildman–Crippen MR) is 93.1 cm³/mol. The van der Waals surface area contributed by atoms with Gasteiger partial charge in [0.2, 0.25) is 0 Å². The van der Waals surface area contributed by atoms with Gasteiger partial charge in [0, 0.05) is 0 Å². The Morgan fingerprint density at radius 3 is 2.45 bits per heavy atom. The predicted octanol–water partition coefficient (Wildman–Crippen LogP) is 5.17. The molecule has 1 nitrogen and oxygen atoms in total. The van der Waals surface area contributed by atoms with Crippen molar-refractivity contribution in [3.8, 4) is 0 Å². The number of halogens is 1. The number of aryl methyl sites for hydroxylation is 1. The van der Waals surface area contributed by atoms with Crippen LogP contribution in [0.15, 0.2) is 48.5 Å². The maximum atomic E-state index is 10.1. The van der Waals surface area contributed by atoms with E-state index >= 15 is 0 Å². The van der Waals surface area contributed by atoms with Gasteiger partial charge in [0.05, 0.1) is 11.5 Å². The van der Waals surface area contributed by atoms with Crippen LogP contribution in [0.5, 0.6) is 0 Å². The Morgan fingerprint density at radius 2 is 1.64 bits per heavy atom.